The standard InChI is InChI=1S/C4H2N2OS/c1-2-7-4-3(1)5-6-8-4/h1-2H. The van der Waals surface area contributed by atoms with Gasteiger partial charge in [-0.2, -0.15) is 0 Å². The summed E-state index contributed by atoms with van der Waals surface area (Å²) in [5.41, 5.74) is 0.843. The summed E-state index contributed by atoms with van der Waals surface area (Å²) in [7, 11) is 0. The summed E-state index contributed by atoms with van der Waals surface area (Å²) < 4.78 is 8.61. The molecule has 0 saturated heterocycles. The van der Waals surface area contributed by atoms with Crippen LogP contribution in [0.1, 0.15) is 0 Å². The van der Waals surface area contributed by atoms with Gasteiger partial charge in [-0.15, -0.1) is 5.10 Å². The Morgan fingerprint density at radius 3 is 3.50 bits per heavy atom. The zero-order valence-corrected chi connectivity index (χ0v) is 4.68. The smallest absolute Gasteiger partial charge is 0.226 e. The van der Waals surface area contributed by atoms with Gasteiger partial charge in [-0.1, -0.05) is 4.49 Å². The van der Waals surface area contributed by atoms with Crippen molar-refractivity contribution in [1.82, 2.24) is 9.59 Å². The third kappa shape index (κ3) is 0.376. The number of hydrogen-bond donors (Lipinski definition) is 0. The molecule has 0 aliphatic heterocycles. The van der Waals surface area contributed by atoms with Gasteiger partial charge in [0.15, 0.2) is 0 Å². The van der Waals surface area contributed by atoms with Crippen molar-refractivity contribution in [3.63, 3.8) is 0 Å². The van der Waals surface area contributed by atoms with Crippen LogP contribution < -0.4 is 0 Å². The molecule has 40 valence electrons. The molecule has 0 radical (unpaired) electrons. The van der Waals surface area contributed by atoms with Crippen LogP contribution in [0.3, 0.4) is 0 Å². The number of hydrogen-bond acceptors (Lipinski definition) is 4. The second-order valence-corrected chi connectivity index (χ2v) is 2.08. The number of furan rings is 1. The van der Waals surface area contributed by atoms with Crippen molar-refractivity contribution in [2.75, 3.05) is 0 Å². The van der Waals surface area contributed by atoms with E-state index in [0.29, 0.717) is 0 Å². The van der Waals surface area contributed by atoms with E-state index in [1.807, 2.05) is 0 Å². The maximum atomic E-state index is 4.95. The Labute approximate surface area is 49.1 Å². The Bertz CT molecular complexity index is 235. The van der Waals surface area contributed by atoms with E-state index in [-0.39, 0.29) is 0 Å². The molecule has 0 fully saturated rings. The topological polar surface area (TPSA) is 38.9 Å². The molecule has 0 amide bonds. The molecule has 0 N–H and O–H groups in total. The maximum Gasteiger partial charge on any atom is 0.226 e. The van der Waals surface area contributed by atoms with Crippen molar-refractivity contribution in [2.45, 2.75) is 0 Å². The molecule has 2 aromatic heterocycles. The van der Waals surface area contributed by atoms with Crippen molar-refractivity contribution >= 4 is 21.9 Å². The largest absolute Gasteiger partial charge is 0.450 e. The van der Waals surface area contributed by atoms with E-state index in [1.54, 1.807) is 12.3 Å². The van der Waals surface area contributed by atoms with Crippen LogP contribution in [-0.4, -0.2) is 9.59 Å². The maximum absolute atomic E-state index is 4.95. The van der Waals surface area contributed by atoms with Gasteiger partial charge in [0.1, 0.15) is 5.52 Å². The normalized spacial score (nSPS) is 10.5. The summed E-state index contributed by atoms with van der Waals surface area (Å²) in [6, 6.07) is 1.79. The highest BCUT2D eigenvalue weighted by Crippen LogP contribution is 2.14. The first-order valence-corrected chi connectivity index (χ1v) is 2.90. The molecule has 0 aliphatic carbocycles. The van der Waals surface area contributed by atoms with E-state index in [1.165, 1.54) is 11.5 Å². The molecule has 2 rings (SSSR count). The van der Waals surface area contributed by atoms with Crippen molar-refractivity contribution < 1.29 is 4.42 Å². The molecular weight excluding hydrogens is 124 g/mol. The van der Waals surface area contributed by atoms with E-state index in [2.05, 4.69) is 9.59 Å². The zero-order chi connectivity index (χ0) is 5.40. The average Bonchev–Trinajstić information content (AvgIpc) is 2.15. The first-order valence-electron chi connectivity index (χ1n) is 2.12. The Morgan fingerprint density at radius 2 is 2.62 bits per heavy atom. The van der Waals surface area contributed by atoms with Crippen molar-refractivity contribution in [1.29, 1.82) is 0 Å². The number of fused-ring (bicyclic) bond motifs is 1. The molecule has 2 aromatic rings. The van der Waals surface area contributed by atoms with E-state index in [9.17, 15) is 0 Å². The van der Waals surface area contributed by atoms with Gasteiger partial charge in [0.2, 0.25) is 4.90 Å². The average molecular weight is 126 g/mol. The van der Waals surface area contributed by atoms with Gasteiger partial charge in [0.25, 0.3) is 0 Å². The molecule has 2 heterocycles. The van der Waals surface area contributed by atoms with Gasteiger partial charge in [0.05, 0.1) is 6.26 Å². The molecule has 0 unspecified atom stereocenters. The van der Waals surface area contributed by atoms with Crippen molar-refractivity contribution in [2.24, 2.45) is 0 Å². The second kappa shape index (κ2) is 1.29. The summed E-state index contributed by atoms with van der Waals surface area (Å²) >= 11 is 1.27. The lowest BCUT2D eigenvalue weighted by Crippen LogP contribution is -1.57. The minimum atomic E-state index is 0.796. The van der Waals surface area contributed by atoms with Gasteiger partial charge in [-0.25, -0.2) is 0 Å². The van der Waals surface area contributed by atoms with Crippen LogP contribution in [0, 0.1) is 0 Å². The van der Waals surface area contributed by atoms with Crippen LogP contribution in [-0.2, 0) is 0 Å². The van der Waals surface area contributed by atoms with E-state index in [0.717, 1.165) is 10.4 Å². The molecule has 0 spiro atoms. The summed E-state index contributed by atoms with van der Waals surface area (Å²) in [5.74, 6) is 0. The molecule has 0 atom stereocenters. The summed E-state index contributed by atoms with van der Waals surface area (Å²) in [6.45, 7) is 0. The molecule has 0 aromatic carbocycles. The summed E-state index contributed by atoms with van der Waals surface area (Å²) in [6.07, 6.45) is 1.61. The third-order valence-corrected chi connectivity index (χ3v) is 1.52. The second-order valence-electron chi connectivity index (χ2n) is 1.37. The molecule has 4 heteroatoms. The van der Waals surface area contributed by atoms with Crippen LogP contribution in [0.2, 0.25) is 0 Å². The van der Waals surface area contributed by atoms with Crippen molar-refractivity contribution in [3.05, 3.63) is 12.3 Å². The third-order valence-electron chi connectivity index (χ3n) is 0.882. The van der Waals surface area contributed by atoms with Crippen LogP contribution in [0.5, 0.6) is 0 Å². The first-order chi connectivity index (χ1) is 3.97. The number of aromatic nitrogens is 2. The quantitative estimate of drug-likeness (QED) is 0.533. The van der Waals surface area contributed by atoms with Gasteiger partial charge in [-0.05, 0) is 0 Å². The van der Waals surface area contributed by atoms with Gasteiger partial charge in [0, 0.05) is 17.6 Å². The van der Waals surface area contributed by atoms with E-state index >= 15 is 0 Å². The fraction of sp³-hybridized carbons (Fsp3) is 0. The Hall–Kier alpha value is -0.900. The fourth-order valence-corrected chi connectivity index (χ4v) is 1.04. The Kier molecular flexibility index (Phi) is 0.648. The van der Waals surface area contributed by atoms with Crippen molar-refractivity contribution in [3.8, 4) is 0 Å². The molecule has 0 saturated carbocycles. The predicted molar refractivity (Wildman–Crippen MR) is 29.7 cm³/mol. The summed E-state index contributed by atoms with van der Waals surface area (Å²) in [4.78, 5) is 0.796. The lowest BCUT2D eigenvalue weighted by Gasteiger charge is -1.60. The highest BCUT2D eigenvalue weighted by Gasteiger charge is 1.96. The Balaban J connectivity index is 3.06. The summed E-state index contributed by atoms with van der Waals surface area (Å²) in [5, 5.41) is 3.75. The van der Waals surface area contributed by atoms with Gasteiger partial charge in [-0.3, -0.25) is 0 Å². The highest BCUT2D eigenvalue weighted by molar-refractivity contribution is 7.12. The molecular formula is C4H2N2OS. The van der Waals surface area contributed by atoms with Crippen LogP contribution in [0.15, 0.2) is 16.7 Å². The molecule has 3 nitrogen and oxygen atoms in total. The monoisotopic (exact) mass is 126 g/mol. The zero-order valence-electron chi connectivity index (χ0n) is 3.87. The number of nitrogens with zero attached hydrogens (tertiary/aromatic N) is 2. The molecule has 0 aliphatic rings. The lowest BCUT2D eigenvalue weighted by atomic mass is 10.6. The van der Waals surface area contributed by atoms with Crippen LogP contribution in [0.4, 0.5) is 0 Å². The minimum Gasteiger partial charge on any atom is -0.450 e. The molecule has 0 bridgehead atoms. The fourth-order valence-electron chi connectivity index (χ4n) is 0.533. The molecule has 8 heavy (non-hydrogen) atoms. The van der Waals surface area contributed by atoms with E-state index in [4.69, 9.17) is 4.42 Å². The van der Waals surface area contributed by atoms with Gasteiger partial charge < -0.3 is 4.42 Å². The van der Waals surface area contributed by atoms with Crippen LogP contribution >= 0.6 is 11.5 Å². The number of rotatable bonds is 0. The minimum absolute atomic E-state index is 0.796. The Morgan fingerprint density at radius 1 is 1.62 bits per heavy atom. The SMILES string of the molecule is c1cc2nnsc2o1. The van der Waals surface area contributed by atoms with Crippen LogP contribution in [0.25, 0.3) is 10.4 Å². The van der Waals surface area contributed by atoms with E-state index < -0.39 is 0 Å². The van der Waals surface area contributed by atoms with Gasteiger partial charge >= 0.3 is 0 Å². The lowest BCUT2D eigenvalue weighted by molar-refractivity contribution is 0.623. The first kappa shape index (κ1) is 4.03. The highest BCUT2D eigenvalue weighted by atomic mass is 32.1. The predicted octanol–water partition coefficient (Wildman–Crippen LogP) is 1.28.